The van der Waals surface area contributed by atoms with Gasteiger partial charge in [-0.2, -0.15) is 0 Å². The first kappa shape index (κ1) is 12.2. The molecule has 19 heavy (non-hydrogen) atoms. The standard InChI is InChI=1S/C14H14N2O2S/c17-14(18)12-13(19-8-15-12)16-11-6-5-9-3-1-2-4-10(9)7-11/h1-4,8,11,16H,5-7H2,(H,17,18). The number of thiazole rings is 1. The maximum absolute atomic E-state index is 11.0. The molecule has 1 unspecified atom stereocenters. The number of rotatable bonds is 3. The van der Waals surface area contributed by atoms with E-state index < -0.39 is 5.97 Å². The van der Waals surface area contributed by atoms with Crippen LogP contribution in [0.1, 0.15) is 28.0 Å². The second-order valence-electron chi connectivity index (χ2n) is 4.69. The van der Waals surface area contributed by atoms with Crippen LogP contribution in [0.3, 0.4) is 0 Å². The van der Waals surface area contributed by atoms with Gasteiger partial charge in [-0.3, -0.25) is 0 Å². The number of hydrogen-bond donors (Lipinski definition) is 2. The van der Waals surface area contributed by atoms with Gasteiger partial charge in [0.1, 0.15) is 5.00 Å². The predicted molar refractivity (Wildman–Crippen MR) is 75.0 cm³/mol. The van der Waals surface area contributed by atoms with E-state index in [1.165, 1.54) is 22.5 Å². The summed E-state index contributed by atoms with van der Waals surface area (Å²) in [5.41, 5.74) is 4.46. The number of fused-ring (bicyclic) bond motifs is 1. The summed E-state index contributed by atoms with van der Waals surface area (Å²) in [5.74, 6) is -0.972. The quantitative estimate of drug-likeness (QED) is 0.903. The Morgan fingerprint density at radius 1 is 1.37 bits per heavy atom. The lowest BCUT2D eigenvalue weighted by Gasteiger charge is -2.25. The normalized spacial score (nSPS) is 17.8. The smallest absolute Gasteiger partial charge is 0.357 e. The van der Waals surface area contributed by atoms with Gasteiger partial charge in [0.2, 0.25) is 0 Å². The van der Waals surface area contributed by atoms with Crippen LogP contribution in [0.15, 0.2) is 29.8 Å². The van der Waals surface area contributed by atoms with Crippen molar-refractivity contribution in [1.29, 1.82) is 0 Å². The van der Waals surface area contributed by atoms with Crippen LogP contribution in [-0.2, 0) is 12.8 Å². The van der Waals surface area contributed by atoms with Crippen molar-refractivity contribution in [2.24, 2.45) is 0 Å². The number of nitrogens with one attached hydrogen (secondary N) is 1. The molecule has 0 radical (unpaired) electrons. The topological polar surface area (TPSA) is 62.2 Å². The first-order chi connectivity index (χ1) is 9.24. The van der Waals surface area contributed by atoms with Crippen molar-refractivity contribution >= 4 is 22.3 Å². The third kappa shape index (κ3) is 2.46. The van der Waals surface area contributed by atoms with Crippen molar-refractivity contribution in [1.82, 2.24) is 4.98 Å². The molecular formula is C14H14N2O2S. The first-order valence-corrected chi connectivity index (χ1v) is 7.12. The van der Waals surface area contributed by atoms with E-state index in [2.05, 4.69) is 34.6 Å². The van der Waals surface area contributed by atoms with Gasteiger partial charge in [0, 0.05) is 6.04 Å². The van der Waals surface area contributed by atoms with Crippen LogP contribution in [0.25, 0.3) is 0 Å². The lowest BCUT2D eigenvalue weighted by atomic mass is 9.88. The molecule has 1 aromatic carbocycles. The van der Waals surface area contributed by atoms with E-state index in [-0.39, 0.29) is 11.7 Å². The average Bonchev–Trinajstić information content (AvgIpc) is 2.87. The van der Waals surface area contributed by atoms with Gasteiger partial charge in [0.15, 0.2) is 5.69 Å². The third-order valence-electron chi connectivity index (χ3n) is 3.45. The molecule has 4 nitrogen and oxygen atoms in total. The number of aromatic carboxylic acids is 1. The highest BCUT2D eigenvalue weighted by Gasteiger charge is 2.21. The Balaban J connectivity index is 1.76. The van der Waals surface area contributed by atoms with E-state index in [1.54, 1.807) is 5.51 Å². The van der Waals surface area contributed by atoms with Crippen LogP contribution < -0.4 is 5.32 Å². The molecule has 1 aromatic heterocycles. The summed E-state index contributed by atoms with van der Waals surface area (Å²) < 4.78 is 0. The second kappa shape index (κ2) is 5.01. The highest BCUT2D eigenvalue weighted by atomic mass is 32.1. The molecule has 1 aliphatic rings. The minimum absolute atomic E-state index is 0.129. The van der Waals surface area contributed by atoms with Crippen molar-refractivity contribution in [3.8, 4) is 0 Å². The molecule has 1 heterocycles. The van der Waals surface area contributed by atoms with Gasteiger partial charge in [0.05, 0.1) is 5.51 Å². The number of aromatic nitrogens is 1. The van der Waals surface area contributed by atoms with E-state index in [0.29, 0.717) is 5.00 Å². The molecular weight excluding hydrogens is 260 g/mol. The molecule has 2 N–H and O–H groups in total. The van der Waals surface area contributed by atoms with Gasteiger partial charge in [-0.15, -0.1) is 11.3 Å². The van der Waals surface area contributed by atoms with E-state index >= 15 is 0 Å². The SMILES string of the molecule is O=C(O)c1ncsc1NC1CCc2ccccc2C1. The molecule has 0 spiro atoms. The number of carbonyl (C=O) groups is 1. The minimum Gasteiger partial charge on any atom is -0.476 e. The van der Waals surface area contributed by atoms with Crippen molar-refractivity contribution in [2.75, 3.05) is 5.32 Å². The van der Waals surface area contributed by atoms with Crippen LogP contribution in [0.5, 0.6) is 0 Å². The summed E-state index contributed by atoms with van der Waals surface area (Å²) in [7, 11) is 0. The Bertz CT molecular complexity index is 609. The number of nitrogens with zero attached hydrogens (tertiary/aromatic N) is 1. The van der Waals surface area contributed by atoms with E-state index in [9.17, 15) is 4.79 Å². The number of anilines is 1. The highest BCUT2D eigenvalue weighted by Crippen LogP contribution is 2.27. The van der Waals surface area contributed by atoms with Crippen molar-refractivity contribution in [3.63, 3.8) is 0 Å². The Hall–Kier alpha value is -1.88. The Morgan fingerprint density at radius 2 is 2.16 bits per heavy atom. The Labute approximate surface area is 115 Å². The molecule has 1 aliphatic carbocycles. The lowest BCUT2D eigenvalue weighted by Crippen LogP contribution is -2.27. The number of carboxylic acids is 1. The lowest BCUT2D eigenvalue weighted by molar-refractivity contribution is 0.0692. The van der Waals surface area contributed by atoms with E-state index in [1.807, 2.05) is 0 Å². The molecule has 0 saturated carbocycles. The zero-order valence-electron chi connectivity index (χ0n) is 10.3. The predicted octanol–water partition coefficient (Wildman–Crippen LogP) is 2.81. The van der Waals surface area contributed by atoms with E-state index in [0.717, 1.165) is 19.3 Å². The molecule has 3 rings (SSSR count). The van der Waals surface area contributed by atoms with Crippen LogP contribution >= 0.6 is 11.3 Å². The van der Waals surface area contributed by atoms with Crippen LogP contribution in [0, 0.1) is 0 Å². The van der Waals surface area contributed by atoms with Crippen molar-refractivity contribution in [3.05, 3.63) is 46.6 Å². The fraction of sp³-hybridized carbons (Fsp3) is 0.286. The van der Waals surface area contributed by atoms with Crippen LogP contribution in [0.2, 0.25) is 0 Å². The second-order valence-corrected chi connectivity index (χ2v) is 5.54. The fourth-order valence-electron chi connectivity index (χ4n) is 2.51. The van der Waals surface area contributed by atoms with Crippen molar-refractivity contribution < 1.29 is 9.90 Å². The molecule has 0 amide bonds. The molecule has 0 saturated heterocycles. The van der Waals surface area contributed by atoms with Crippen LogP contribution in [-0.4, -0.2) is 22.1 Å². The summed E-state index contributed by atoms with van der Waals surface area (Å²) in [6, 6.07) is 8.72. The fourth-order valence-corrected chi connectivity index (χ4v) is 3.26. The number of aryl methyl sites for hydroxylation is 1. The van der Waals surface area contributed by atoms with Gasteiger partial charge in [-0.25, -0.2) is 9.78 Å². The third-order valence-corrected chi connectivity index (χ3v) is 4.21. The zero-order chi connectivity index (χ0) is 13.2. The van der Waals surface area contributed by atoms with Crippen molar-refractivity contribution in [2.45, 2.75) is 25.3 Å². The Kier molecular flexibility index (Phi) is 3.21. The molecule has 5 heteroatoms. The summed E-state index contributed by atoms with van der Waals surface area (Å²) in [5, 5.41) is 13.0. The zero-order valence-corrected chi connectivity index (χ0v) is 11.1. The van der Waals surface area contributed by atoms with E-state index in [4.69, 9.17) is 5.11 Å². The van der Waals surface area contributed by atoms with Gasteiger partial charge in [-0.05, 0) is 30.4 Å². The molecule has 1 atom stereocenters. The largest absolute Gasteiger partial charge is 0.476 e. The summed E-state index contributed by atoms with van der Waals surface area (Å²) in [6.07, 6.45) is 3.00. The van der Waals surface area contributed by atoms with Gasteiger partial charge < -0.3 is 10.4 Å². The average molecular weight is 274 g/mol. The number of hydrogen-bond acceptors (Lipinski definition) is 4. The monoisotopic (exact) mass is 274 g/mol. The Morgan fingerprint density at radius 3 is 2.95 bits per heavy atom. The number of carboxylic acid groups (broad SMARTS) is 1. The van der Waals surface area contributed by atoms with Gasteiger partial charge in [-0.1, -0.05) is 24.3 Å². The molecule has 0 aliphatic heterocycles. The molecule has 2 aromatic rings. The summed E-state index contributed by atoms with van der Waals surface area (Å²) >= 11 is 1.35. The summed E-state index contributed by atoms with van der Waals surface area (Å²) in [4.78, 5) is 14.9. The van der Waals surface area contributed by atoms with Gasteiger partial charge in [0.25, 0.3) is 0 Å². The van der Waals surface area contributed by atoms with Gasteiger partial charge >= 0.3 is 5.97 Å². The minimum atomic E-state index is -0.972. The first-order valence-electron chi connectivity index (χ1n) is 6.24. The molecule has 0 fully saturated rings. The maximum Gasteiger partial charge on any atom is 0.357 e. The maximum atomic E-state index is 11.0. The summed E-state index contributed by atoms with van der Waals surface area (Å²) in [6.45, 7) is 0. The molecule has 0 bridgehead atoms. The number of benzene rings is 1. The van der Waals surface area contributed by atoms with Crippen LogP contribution in [0.4, 0.5) is 5.00 Å². The molecule has 98 valence electrons. The highest BCUT2D eigenvalue weighted by molar-refractivity contribution is 7.14.